The molecular weight excluding hydrogens is 338 g/mol. The molecule has 1 aromatic heterocycles. The summed E-state index contributed by atoms with van der Waals surface area (Å²) < 4.78 is 0. The maximum atomic E-state index is 12.2. The fraction of sp³-hybridized carbons (Fsp3) is 0. The molecule has 0 saturated heterocycles. The molecule has 0 aliphatic carbocycles. The molecule has 0 radical (unpaired) electrons. The number of anilines is 3. The fourth-order valence-electron chi connectivity index (χ4n) is 2.08. The van der Waals surface area contributed by atoms with E-state index >= 15 is 0 Å². The Kier molecular flexibility index (Phi) is 4.88. The van der Waals surface area contributed by atoms with Gasteiger partial charge in [0.1, 0.15) is 6.07 Å². The maximum Gasteiger partial charge on any atom is 0.276 e. The smallest absolute Gasteiger partial charge is 0.276 e. The minimum atomic E-state index is -0.376. The first-order valence-electron chi connectivity index (χ1n) is 7.32. The molecule has 25 heavy (non-hydrogen) atoms. The number of carbonyl (C=O) groups excluding carboxylic acids is 1. The van der Waals surface area contributed by atoms with Crippen molar-refractivity contribution in [1.82, 2.24) is 10.2 Å². The Morgan fingerprint density at radius 3 is 2.44 bits per heavy atom. The molecule has 1 amide bonds. The Bertz CT molecular complexity index is 933. The Labute approximate surface area is 149 Å². The van der Waals surface area contributed by atoms with Crippen LogP contribution in [0, 0.1) is 11.3 Å². The number of para-hydroxylation sites is 1. The Hall–Kier alpha value is -3.43. The monoisotopic (exact) mass is 349 g/mol. The highest BCUT2D eigenvalue weighted by atomic mass is 35.5. The lowest BCUT2D eigenvalue weighted by molar-refractivity contribution is 0.102. The average Bonchev–Trinajstić information content (AvgIpc) is 2.64. The summed E-state index contributed by atoms with van der Waals surface area (Å²) in [6.45, 7) is 0. The minimum Gasteiger partial charge on any atom is -0.338 e. The number of carbonyl (C=O) groups is 1. The maximum absolute atomic E-state index is 12.2. The van der Waals surface area contributed by atoms with Gasteiger partial charge in [-0.2, -0.15) is 5.26 Å². The Morgan fingerprint density at radius 1 is 1.00 bits per heavy atom. The largest absolute Gasteiger partial charge is 0.338 e. The zero-order valence-corrected chi connectivity index (χ0v) is 13.7. The molecule has 7 heteroatoms. The third-order valence-electron chi connectivity index (χ3n) is 3.31. The lowest BCUT2D eigenvalue weighted by atomic mass is 10.2. The number of aromatic nitrogens is 2. The average molecular weight is 350 g/mol. The zero-order chi connectivity index (χ0) is 17.6. The summed E-state index contributed by atoms with van der Waals surface area (Å²) in [5.41, 5.74) is 1.90. The van der Waals surface area contributed by atoms with Gasteiger partial charge in [-0.05, 0) is 48.5 Å². The molecule has 2 N–H and O–H groups in total. The van der Waals surface area contributed by atoms with Gasteiger partial charge in [0.2, 0.25) is 0 Å². The van der Waals surface area contributed by atoms with E-state index in [-0.39, 0.29) is 11.6 Å². The van der Waals surface area contributed by atoms with Crippen molar-refractivity contribution in [3.8, 4) is 6.07 Å². The summed E-state index contributed by atoms with van der Waals surface area (Å²) in [6.07, 6.45) is 0. The van der Waals surface area contributed by atoms with E-state index in [1.807, 2.05) is 6.07 Å². The molecule has 122 valence electrons. The Morgan fingerprint density at radius 2 is 1.76 bits per heavy atom. The first kappa shape index (κ1) is 16.4. The summed E-state index contributed by atoms with van der Waals surface area (Å²) in [5.74, 6) is 0.0598. The van der Waals surface area contributed by atoms with Crippen molar-refractivity contribution in [2.24, 2.45) is 0 Å². The summed E-state index contributed by atoms with van der Waals surface area (Å²) in [4.78, 5) is 12.2. The van der Waals surface area contributed by atoms with Crippen LogP contribution >= 0.6 is 11.6 Å². The second kappa shape index (κ2) is 7.43. The van der Waals surface area contributed by atoms with Crippen LogP contribution in [0.2, 0.25) is 5.02 Å². The molecule has 2 aromatic carbocycles. The van der Waals surface area contributed by atoms with Crippen LogP contribution in [-0.2, 0) is 0 Å². The Balaban J connectivity index is 1.70. The van der Waals surface area contributed by atoms with E-state index in [1.54, 1.807) is 54.6 Å². The van der Waals surface area contributed by atoms with Gasteiger partial charge in [0.05, 0.1) is 11.3 Å². The van der Waals surface area contributed by atoms with Gasteiger partial charge >= 0.3 is 0 Å². The van der Waals surface area contributed by atoms with Gasteiger partial charge in [0, 0.05) is 10.7 Å². The third kappa shape index (κ3) is 4.10. The van der Waals surface area contributed by atoms with E-state index in [2.05, 4.69) is 26.9 Å². The highest BCUT2D eigenvalue weighted by Gasteiger charge is 2.09. The predicted molar refractivity (Wildman–Crippen MR) is 95.9 cm³/mol. The number of hydrogen-bond acceptors (Lipinski definition) is 5. The molecule has 1 heterocycles. The van der Waals surface area contributed by atoms with Crippen LogP contribution in [0.1, 0.15) is 16.1 Å². The van der Waals surface area contributed by atoms with Gasteiger partial charge in [-0.3, -0.25) is 4.79 Å². The molecule has 6 nitrogen and oxygen atoms in total. The predicted octanol–water partition coefficient (Wildman–Crippen LogP) is 4.00. The second-order valence-electron chi connectivity index (χ2n) is 5.05. The number of amides is 1. The van der Waals surface area contributed by atoms with Crippen LogP contribution in [0.5, 0.6) is 0 Å². The zero-order valence-electron chi connectivity index (χ0n) is 12.9. The van der Waals surface area contributed by atoms with Crippen LogP contribution in [-0.4, -0.2) is 16.1 Å². The molecule has 3 rings (SSSR count). The topological polar surface area (TPSA) is 90.7 Å². The van der Waals surface area contributed by atoms with Gasteiger partial charge in [-0.1, -0.05) is 23.7 Å². The number of nitriles is 1. The lowest BCUT2D eigenvalue weighted by Crippen LogP contribution is -2.14. The number of hydrogen-bond donors (Lipinski definition) is 2. The summed E-state index contributed by atoms with van der Waals surface area (Å²) in [5, 5.41) is 23.3. The molecule has 0 fully saturated rings. The van der Waals surface area contributed by atoms with Crippen molar-refractivity contribution in [3.63, 3.8) is 0 Å². The number of rotatable bonds is 4. The lowest BCUT2D eigenvalue weighted by Gasteiger charge is -2.07. The van der Waals surface area contributed by atoms with E-state index in [9.17, 15) is 4.79 Å². The number of nitrogens with zero attached hydrogens (tertiary/aromatic N) is 3. The van der Waals surface area contributed by atoms with E-state index < -0.39 is 0 Å². The van der Waals surface area contributed by atoms with Crippen LogP contribution in [0.4, 0.5) is 17.2 Å². The molecular formula is C18H12ClN5O. The van der Waals surface area contributed by atoms with E-state index in [0.29, 0.717) is 27.8 Å². The van der Waals surface area contributed by atoms with Crippen molar-refractivity contribution < 1.29 is 4.79 Å². The summed E-state index contributed by atoms with van der Waals surface area (Å²) >= 11 is 5.81. The van der Waals surface area contributed by atoms with Gasteiger partial charge in [0.25, 0.3) is 5.91 Å². The van der Waals surface area contributed by atoms with Crippen LogP contribution < -0.4 is 10.6 Å². The van der Waals surface area contributed by atoms with Gasteiger partial charge in [-0.15, -0.1) is 10.2 Å². The van der Waals surface area contributed by atoms with Gasteiger partial charge in [-0.25, -0.2) is 0 Å². The van der Waals surface area contributed by atoms with Crippen molar-refractivity contribution in [2.75, 3.05) is 10.6 Å². The molecule has 0 bridgehead atoms. The first-order valence-corrected chi connectivity index (χ1v) is 7.70. The quantitative estimate of drug-likeness (QED) is 0.743. The highest BCUT2D eigenvalue weighted by Crippen LogP contribution is 2.18. The number of halogens is 1. The summed E-state index contributed by atoms with van der Waals surface area (Å²) in [6, 6.07) is 19.1. The van der Waals surface area contributed by atoms with Gasteiger partial charge < -0.3 is 10.6 Å². The van der Waals surface area contributed by atoms with Crippen LogP contribution in [0.25, 0.3) is 0 Å². The molecule has 0 saturated carbocycles. The fourth-order valence-corrected chi connectivity index (χ4v) is 2.20. The van der Waals surface area contributed by atoms with Crippen molar-refractivity contribution in [1.29, 1.82) is 5.26 Å². The van der Waals surface area contributed by atoms with Crippen LogP contribution in [0.15, 0.2) is 60.7 Å². The molecule has 3 aromatic rings. The van der Waals surface area contributed by atoms with Crippen LogP contribution in [0.3, 0.4) is 0 Å². The minimum absolute atomic E-state index is 0.175. The number of benzene rings is 2. The highest BCUT2D eigenvalue weighted by molar-refractivity contribution is 6.30. The molecule has 0 unspecified atom stereocenters. The van der Waals surface area contributed by atoms with E-state index in [1.165, 1.54) is 0 Å². The standard InChI is InChI=1S/C18H12ClN5O/c19-13-5-7-14(8-6-13)21-18(25)16-9-10-17(24-23-16)22-15-4-2-1-3-12(15)11-20/h1-10H,(H,21,25)(H,22,24). The SMILES string of the molecule is N#Cc1ccccc1Nc1ccc(C(=O)Nc2ccc(Cl)cc2)nn1. The van der Waals surface area contributed by atoms with Crippen molar-refractivity contribution >= 4 is 34.7 Å². The molecule has 0 aliphatic heterocycles. The van der Waals surface area contributed by atoms with E-state index in [4.69, 9.17) is 16.9 Å². The van der Waals surface area contributed by atoms with Crippen molar-refractivity contribution in [2.45, 2.75) is 0 Å². The summed E-state index contributed by atoms with van der Waals surface area (Å²) in [7, 11) is 0. The second-order valence-corrected chi connectivity index (χ2v) is 5.48. The third-order valence-corrected chi connectivity index (χ3v) is 3.56. The molecule has 0 spiro atoms. The van der Waals surface area contributed by atoms with E-state index in [0.717, 1.165) is 0 Å². The molecule has 0 atom stereocenters. The first-order chi connectivity index (χ1) is 12.2. The van der Waals surface area contributed by atoms with Gasteiger partial charge in [0.15, 0.2) is 11.5 Å². The van der Waals surface area contributed by atoms with Crippen molar-refractivity contribution in [3.05, 3.63) is 76.9 Å². The number of nitrogens with one attached hydrogen (secondary N) is 2. The normalized spacial score (nSPS) is 9.92. The molecule has 0 aliphatic rings.